The van der Waals surface area contributed by atoms with Gasteiger partial charge in [0.05, 0.1) is 6.20 Å². The second-order valence-corrected chi connectivity index (χ2v) is 3.54. The molecule has 0 saturated carbocycles. The molecule has 2 rings (SSSR count). The van der Waals surface area contributed by atoms with Crippen LogP contribution in [0.4, 0.5) is 0 Å². The van der Waals surface area contributed by atoms with Crippen molar-refractivity contribution in [2.45, 2.75) is 0 Å². The SMILES string of the molecule is Brc1ccc(-c2cnc(Br)o2)o1. The Balaban J connectivity index is 2.43. The standard InChI is InChI=1S/C7H3Br2NO2/c8-6-2-1-4(11-6)5-3-10-7(9)12-5/h1-3H. The van der Waals surface area contributed by atoms with Gasteiger partial charge in [0.2, 0.25) is 0 Å². The lowest BCUT2D eigenvalue weighted by Crippen LogP contribution is -1.63. The van der Waals surface area contributed by atoms with E-state index in [4.69, 9.17) is 8.83 Å². The lowest BCUT2D eigenvalue weighted by atomic mass is 10.4. The predicted molar refractivity (Wildman–Crippen MR) is 49.6 cm³/mol. The summed E-state index contributed by atoms with van der Waals surface area (Å²) in [4.78, 5) is 4.33. The molecule has 0 spiro atoms. The van der Waals surface area contributed by atoms with Gasteiger partial charge in [-0.25, -0.2) is 4.98 Å². The van der Waals surface area contributed by atoms with Crippen LogP contribution in [0, 0.1) is 0 Å². The fraction of sp³-hybridized carbons (Fsp3) is 0. The van der Waals surface area contributed by atoms with Crippen molar-refractivity contribution in [1.29, 1.82) is 0 Å². The molecular weight excluding hydrogens is 290 g/mol. The third-order valence-electron chi connectivity index (χ3n) is 1.29. The number of aromatic nitrogens is 1. The van der Waals surface area contributed by atoms with Gasteiger partial charge in [-0.15, -0.1) is 0 Å². The average molecular weight is 293 g/mol. The smallest absolute Gasteiger partial charge is 0.264 e. The predicted octanol–water partition coefficient (Wildman–Crippen LogP) is 3.46. The van der Waals surface area contributed by atoms with Crippen LogP contribution in [0.1, 0.15) is 0 Å². The number of oxazole rings is 1. The van der Waals surface area contributed by atoms with Gasteiger partial charge < -0.3 is 8.83 Å². The molecule has 0 fully saturated rings. The fourth-order valence-corrected chi connectivity index (χ4v) is 1.40. The van der Waals surface area contributed by atoms with Crippen LogP contribution in [0.2, 0.25) is 0 Å². The Bertz CT molecular complexity index is 355. The third-order valence-corrected chi connectivity index (χ3v) is 2.09. The number of furan rings is 1. The fourth-order valence-electron chi connectivity index (χ4n) is 0.813. The van der Waals surface area contributed by atoms with Crippen molar-refractivity contribution in [3.63, 3.8) is 0 Å². The van der Waals surface area contributed by atoms with Crippen LogP contribution in [0.5, 0.6) is 0 Å². The zero-order valence-corrected chi connectivity index (χ0v) is 8.92. The lowest BCUT2D eigenvalue weighted by Gasteiger charge is -1.85. The zero-order valence-electron chi connectivity index (χ0n) is 5.75. The summed E-state index contributed by atoms with van der Waals surface area (Å²) in [6.45, 7) is 0. The van der Waals surface area contributed by atoms with E-state index in [-0.39, 0.29) is 0 Å². The van der Waals surface area contributed by atoms with Gasteiger partial charge in [0, 0.05) is 15.9 Å². The molecule has 0 N–H and O–H groups in total. The summed E-state index contributed by atoms with van der Waals surface area (Å²) in [6.07, 6.45) is 1.59. The molecular formula is C7H3Br2NO2. The van der Waals surface area contributed by atoms with Gasteiger partial charge in [-0.1, -0.05) is 0 Å². The summed E-state index contributed by atoms with van der Waals surface area (Å²) in [7, 11) is 0. The molecule has 0 aliphatic heterocycles. The monoisotopic (exact) mass is 291 g/mol. The molecule has 5 heteroatoms. The van der Waals surface area contributed by atoms with Gasteiger partial charge in [0.25, 0.3) is 4.80 Å². The Hall–Kier alpha value is -0.550. The van der Waals surface area contributed by atoms with E-state index in [1.54, 1.807) is 18.3 Å². The number of hydrogen-bond acceptors (Lipinski definition) is 3. The van der Waals surface area contributed by atoms with Gasteiger partial charge in [0.1, 0.15) is 0 Å². The van der Waals surface area contributed by atoms with Crippen molar-refractivity contribution < 1.29 is 8.83 Å². The maximum absolute atomic E-state index is 5.24. The molecule has 0 aromatic carbocycles. The van der Waals surface area contributed by atoms with Crippen molar-refractivity contribution >= 4 is 31.9 Å². The molecule has 0 saturated heterocycles. The number of nitrogens with zero attached hydrogens (tertiary/aromatic N) is 1. The first-order valence-electron chi connectivity index (χ1n) is 3.13. The Kier molecular flexibility index (Phi) is 2.06. The minimum absolute atomic E-state index is 0.449. The summed E-state index contributed by atoms with van der Waals surface area (Å²) in [5, 5.41) is 0. The first-order chi connectivity index (χ1) is 5.75. The van der Waals surface area contributed by atoms with E-state index < -0.39 is 0 Å². The minimum atomic E-state index is 0.449. The second kappa shape index (κ2) is 3.06. The van der Waals surface area contributed by atoms with Crippen LogP contribution in [-0.4, -0.2) is 4.98 Å². The Morgan fingerprint density at radius 3 is 2.42 bits per heavy atom. The summed E-state index contributed by atoms with van der Waals surface area (Å²) < 4.78 is 11.1. The van der Waals surface area contributed by atoms with Crippen molar-refractivity contribution in [3.8, 4) is 11.5 Å². The Morgan fingerprint density at radius 2 is 1.92 bits per heavy atom. The Morgan fingerprint density at radius 1 is 1.08 bits per heavy atom. The largest absolute Gasteiger partial charge is 0.446 e. The van der Waals surface area contributed by atoms with Crippen molar-refractivity contribution in [1.82, 2.24) is 4.98 Å². The summed E-state index contributed by atoms with van der Waals surface area (Å²) in [5.41, 5.74) is 0. The van der Waals surface area contributed by atoms with E-state index in [0.717, 1.165) is 0 Å². The van der Waals surface area contributed by atoms with Crippen LogP contribution in [-0.2, 0) is 0 Å². The van der Waals surface area contributed by atoms with E-state index in [0.29, 0.717) is 21.0 Å². The summed E-state index contributed by atoms with van der Waals surface area (Å²) >= 11 is 6.30. The third kappa shape index (κ3) is 1.47. The highest BCUT2D eigenvalue weighted by atomic mass is 79.9. The maximum atomic E-state index is 5.24. The van der Waals surface area contributed by atoms with Crippen molar-refractivity contribution in [2.75, 3.05) is 0 Å². The van der Waals surface area contributed by atoms with E-state index in [2.05, 4.69) is 36.8 Å². The highest BCUT2D eigenvalue weighted by Gasteiger charge is 2.07. The van der Waals surface area contributed by atoms with E-state index in [1.165, 1.54) is 0 Å². The maximum Gasteiger partial charge on any atom is 0.264 e. The molecule has 2 heterocycles. The molecule has 0 radical (unpaired) electrons. The molecule has 0 bridgehead atoms. The second-order valence-electron chi connectivity index (χ2n) is 2.08. The van der Waals surface area contributed by atoms with Gasteiger partial charge in [0.15, 0.2) is 16.2 Å². The highest BCUT2D eigenvalue weighted by molar-refractivity contribution is 9.10. The Labute approximate surface area is 85.0 Å². The van der Waals surface area contributed by atoms with Gasteiger partial charge >= 0.3 is 0 Å². The topological polar surface area (TPSA) is 39.2 Å². The first kappa shape index (κ1) is 8.07. The van der Waals surface area contributed by atoms with Crippen molar-refractivity contribution in [3.05, 3.63) is 27.8 Å². The number of halogens is 2. The van der Waals surface area contributed by atoms with E-state index in [1.807, 2.05) is 0 Å². The lowest BCUT2D eigenvalue weighted by molar-refractivity contribution is 0.495. The van der Waals surface area contributed by atoms with Crippen LogP contribution in [0.3, 0.4) is 0 Å². The van der Waals surface area contributed by atoms with E-state index >= 15 is 0 Å². The summed E-state index contributed by atoms with van der Waals surface area (Å²) in [6, 6.07) is 3.60. The highest BCUT2D eigenvalue weighted by Crippen LogP contribution is 2.26. The van der Waals surface area contributed by atoms with Crippen LogP contribution in [0.15, 0.2) is 36.6 Å². The molecule has 2 aromatic heterocycles. The molecule has 0 unspecified atom stereocenters. The molecule has 62 valence electrons. The van der Waals surface area contributed by atoms with E-state index in [9.17, 15) is 0 Å². The molecule has 0 atom stereocenters. The molecule has 2 aromatic rings. The molecule has 0 aliphatic rings. The van der Waals surface area contributed by atoms with Crippen LogP contribution in [0.25, 0.3) is 11.5 Å². The molecule has 3 nitrogen and oxygen atoms in total. The van der Waals surface area contributed by atoms with Gasteiger partial charge in [-0.3, -0.25) is 0 Å². The van der Waals surface area contributed by atoms with Crippen LogP contribution < -0.4 is 0 Å². The first-order valence-corrected chi connectivity index (χ1v) is 4.71. The molecule has 0 amide bonds. The normalized spacial score (nSPS) is 10.5. The number of hydrogen-bond donors (Lipinski definition) is 0. The quantitative estimate of drug-likeness (QED) is 0.808. The zero-order chi connectivity index (χ0) is 8.55. The average Bonchev–Trinajstić information content (AvgIpc) is 2.58. The van der Waals surface area contributed by atoms with Crippen molar-refractivity contribution in [2.24, 2.45) is 0 Å². The minimum Gasteiger partial charge on any atom is -0.446 e. The summed E-state index contributed by atoms with van der Waals surface area (Å²) in [5.74, 6) is 1.26. The molecule has 0 aliphatic carbocycles. The van der Waals surface area contributed by atoms with Gasteiger partial charge in [-0.05, 0) is 28.1 Å². The molecule has 12 heavy (non-hydrogen) atoms. The number of rotatable bonds is 1. The van der Waals surface area contributed by atoms with Crippen LogP contribution >= 0.6 is 31.9 Å². The van der Waals surface area contributed by atoms with Gasteiger partial charge in [-0.2, -0.15) is 0 Å².